The van der Waals surface area contributed by atoms with Crippen molar-refractivity contribution in [1.82, 2.24) is 10.2 Å². The number of rotatable bonds is 4. The Hall–Kier alpha value is -2.41. The van der Waals surface area contributed by atoms with Gasteiger partial charge in [0.2, 0.25) is 5.91 Å². The molecule has 3 rings (SSSR count). The summed E-state index contributed by atoms with van der Waals surface area (Å²) in [7, 11) is 0. The summed E-state index contributed by atoms with van der Waals surface area (Å²) in [6, 6.07) is 7.36. The lowest BCUT2D eigenvalue weighted by Crippen LogP contribution is -3.13. The van der Waals surface area contributed by atoms with Crippen LogP contribution in [0, 0.1) is 0 Å². The second-order valence-electron chi connectivity index (χ2n) is 9.07. The first kappa shape index (κ1) is 21.3. The van der Waals surface area contributed by atoms with Crippen molar-refractivity contribution in [3.63, 3.8) is 0 Å². The van der Waals surface area contributed by atoms with Gasteiger partial charge in [-0.15, -0.1) is 0 Å². The molecule has 0 aliphatic carbocycles. The molecule has 2 fully saturated rings. The van der Waals surface area contributed by atoms with Gasteiger partial charge >= 0.3 is 0 Å². The van der Waals surface area contributed by atoms with Crippen LogP contribution in [0.5, 0.6) is 0 Å². The van der Waals surface area contributed by atoms with Gasteiger partial charge in [0.15, 0.2) is 6.54 Å². The average molecular weight is 402 g/mol. The molecule has 158 valence electrons. The van der Waals surface area contributed by atoms with Gasteiger partial charge in [0.25, 0.3) is 11.8 Å². The van der Waals surface area contributed by atoms with Gasteiger partial charge < -0.3 is 20.0 Å². The van der Waals surface area contributed by atoms with Crippen molar-refractivity contribution >= 4 is 23.4 Å². The first-order chi connectivity index (χ1) is 13.7. The van der Waals surface area contributed by atoms with Crippen molar-refractivity contribution in [3.8, 4) is 0 Å². The summed E-state index contributed by atoms with van der Waals surface area (Å²) >= 11 is 0. The second kappa shape index (κ2) is 8.95. The number of benzene rings is 1. The smallest absolute Gasteiger partial charge is 0.275 e. The predicted octanol–water partition coefficient (Wildman–Crippen LogP) is 0.459. The fraction of sp³-hybridized carbons (Fsp3) is 0.591. The van der Waals surface area contributed by atoms with Crippen LogP contribution >= 0.6 is 0 Å². The van der Waals surface area contributed by atoms with E-state index in [4.69, 9.17) is 0 Å². The van der Waals surface area contributed by atoms with E-state index < -0.39 is 0 Å². The van der Waals surface area contributed by atoms with Crippen molar-refractivity contribution in [2.45, 2.75) is 45.6 Å². The summed E-state index contributed by atoms with van der Waals surface area (Å²) in [5.41, 5.74) is 1.28. The third-order valence-corrected chi connectivity index (χ3v) is 5.41. The monoisotopic (exact) mass is 401 g/mol. The maximum atomic E-state index is 12.9. The van der Waals surface area contributed by atoms with Gasteiger partial charge in [-0.2, -0.15) is 0 Å². The minimum absolute atomic E-state index is 0.0182. The summed E-state index contributed by atoms with van der Waals surface area (Å²) in [5, 5.41) is 3.01. The largest absolute Gasteiger partial charge is 0.347 e. The molecule has 0 bridgehead atoms. The SMILES string of the molecule is CC(C)(C)NC(=O)C[NH+]1CCCN(C(=O)c2ccc(N3CCCC3=O)cc2)CC1. The van der Waals surface area contributed by atoms with E-state index in [2.05, 4.69) is 5.32 Å². The summed E-state index contributed by atoms with van der Waals surface area (Å²) in [5.74, 6) is 0.221. The third-order valence-electron chi connectivity index (χ3n) is 5.41. The fourth-order valence-corrected chi connectivity index (χ4v) is 4.01. The number of carbonyl (C=O) groups excluding carboxylic acids is 3. The minimum atomic E-state index is -0.226. The van der Waals surface area contributed by atoms with E-state index in [1.165, 1.54) is 4.90 Å². The zero-order valence-electron chi connectivity index (χ0n) is 17.8. The van der Waals surface area contributed by atoms with Gasteiger partial charge in [-0.1, -0.05) is 0 Å². The topological polar surface area (TPSA) is 74.2 Å². The lowest BCUT2D eigenvalue weighted by molar-refractivity contribution is -0.889. The molecule has 2 saturated heterocycles. The Kier molecular flexibility index (Phi) is 6.57. The first-order valence-corrected chi connectivity index (χ1v) is 10.6. The van der Waals surface area contributed by atoms with Gasteiger partial charge in [-0.3, -0.25) is 14.4 Å². The molecule has 1 aromatic carbocycles. The van der Waals surface area contributed by atoms with Crippen LogP contribution in [0.4, 0.5) is 5.69 Å². The zero-order chi connectivity index (χ0) is 21.0. The molecule has 0 aromatic heterocycles. The number of carbonyl (C=O) groups is 3. The Balaban J connectivity index is 1.55. The van der Waals surface area contributed by atoms with Gasteiger partial charge in [0.05, 0.1) is 19.6 Å². The number of nitrogens with zero attached hydrogens (tertiary/aromatic N) is 2. The Labute approximate surface area is 173 Å². The van der Waals surface area contributed by atoms with Gasteiger partial charge in [-0.25, -0.2) is 0 Å². The normalized spacial score (nSPS) is 20.5. The Morgan fingerprint density at radius 3 is 2.38 bits per heavy atom. The molecule has 3 amide bonds. The highest BCUT2D eigenvalue weighted by Gasteiger charge is 2.26. The molecule has 2 aliphatic heterocycles. The molecule has 1 unspecified atom stereocenters. The molecule has 0 spiro atoms. The summed E-state index contributed by atoms with van der Waals surface area (Å²) in [6.07, 6.45) is 2.37. The Morgan fingerprint density at radius 1 is 1.03 bits per heavy atom. The zero-order valence-corrected chi connectivity index (χ0v) is 17.8. The van der Waals surface area contributed by atoms with E-state index in [0.29, 0.717) is 31.6 Å². The van der Waals surface area contributed by atoms with Crippen LogP contribution in [-0.2, 0) is 9.59 Å². The predicted molar refractivity (Wildman–Crippen MR) is 112 cm³/mol. The van der Waals surface area contributed by atoms with Crippen molar-refractivity contribution in [2.75, 3.05) is 44.2 Å². The lowest BCUT2D eigenvalue weighted by Gasteiger charge is -2.23. The average Bonchev–Trinajstić information content (AvgIpc) is 2.94. The maximum absolute atomic E-state index is 12.9. The molecule has 0 radical (unpaired) electrons. The highest BCUT2D eigenvalue weighted by Crippen LogP contribution is 2.22. The number of hydrogen-bond acceptors (Lipinski definition) is 3. The van der Waals surface area contributed by atoms with E-state index in [1.54, 1.807) is 4.90 Å². The van der Waals surface area contributed by atoms with Crippen LogP contribution in [0.1, 0.15) is 50.4 Å². The summed E-state index contributed by atoms with van der Waals surface area (Å²) < 4.78 is 0. The standard InChI is InChI=1S/C22H32N4O3/c1-22(2,3)23-19(27)16-24-11-5-12-25(15-14-24)21(29)17-7-9-18(10-8-17)26-13-4-6-20(26)28/h7-10H,4-6,11-16H2,1-3H3,(H,23,27)/p+1. The lowest BCUT2D eigenvalue weighted by atomic mass is 10.1. The number of quaternary nitrogens is 1. The molecule has 1 atom stereocenters. The van der Waals surface area contributed by atoms with Crippen LogP contribution in [0.15, 0.2) is 24.3 Å². The number of amides is 3. The Bertz CT molecular complexity index is 754. The summed E-state index contributed by atoms with van der Waals surface area (Å²) in [6.45, 7) is 10.1. The molecule has 2 heterocycles. The highest BCUT2D eigenvalue weighted by molar-refractivity contribution is 5.97. The van der Waals surface area contributed by atoms with Crippen molar-refractivity contribution < 1.29 is 19.3 Å². The molecular weight excluding hydrogens is 368 g/mol. The molecule has 2 aliphatic rings. The molecule has 7 nitrogen and oxygen atoms in total. The molecule has 29 heavy (non-hydrogen) atoms. The van der Waals surface area contributed by atoms with Gasteiger partial charge in [-0.05, 0) is 51.5 Å². The van der Waals surface area contributed by atoms with Crippen LogP contribution in [0.2, 0.25) is 0 Å². The van der Waals surface area contributed by atoms with E-state index in [9.17, 15) is 14.4 Å². The van der Waals surface area contributed by atoms with Crippen molar-refractivity contribution in [1.29, 1.82) is 0 Å². The van der Waals surface area contributed by atoms with E-state index in [-0.39, 0.29) is 23.3 Å². The first-order valence-electron chi connectivity index (χ1n) is 10.6. The maximum Gasteiger partial charge on any atom is 0.275 e. The van der Waals surface area contributed by atoms with Gasteiger partial charge in [0.1, 0.15) is 0 Å². The summed E-state index contributed by atoms with van der Waals surface area (Å²) in [4.78, 5) is 41.9. The van der Waals surface area contributed by atoms with E-state index in [1.807, 2.05) is 49.9 Å². The molecule has 7 heteroatoms. The highest BCUT2D eigenvalue weighted by atomic mass is 16.2. The molecular formula is C22H33N4O3+. The van der Waals surface area contributed by atoms with E-state index in [0.717, 1.165) is 38.2 Å². The van der Waals surface area contributed by atoms with Crippen LogP contribution in [0.25, 0.3) is 0 Å². The van der Waals surface area contributed by atoms with Crippen molar-refractivity contribution in [3.05, 3.63) is 29.8 Å². The van der Waals surface area contributed by atoms with Crippen LogP contribution in [-0.4, -0.2) is 67.4 Å². The minimum Gasteiger partial charge on any atom is -0.347 e. The fourth-order valence-electron chi connectivity index (χ4n) is 4.01. The van der Waals surface area contributed by atoms with Crippen LogP contribution < -0.4 is 15.1 Å². The molecule has 1 aromatic rings. The molecule has 2 N–H and O–H groups in total. The third kappa shape index (κ3) is 5.79. The quantitative estimate of drug-likeness (QED) is 0.770. The van der Waals surface area contributed by atoms with E-state index >= 15 is 0 Å². The van der Waals surface area contributed by atoms with Crippen molar-refractivity contribution in [2.24, 2.45) is 0 Å². The number of anilines is 1. The Morgan fingerprint density at radius 2 is 1.76 bits per heavy atom. The van der Waals surface area contributed by atoms with Gasteiger partial charge in [0, 0.05) is 42.7 Å². The molecule has 0 saturated carbocycles. The van der Waals surface area contributed by atoms with Crippen LogP contribution in [0.3, 0.4) is 0 Å². The second-order valence-corrected chi connectivity index (χ2v) is 9.07. The number of nitrogens with one attached hydrogen (secondary N) is 2. The number of hydrogen-bond donors (Lipinski definition) is 2.